The Balaban J connectivity index is 1.12. The highest BCUT2D eigenvalue weighted by molar-refractivity contribution is 5.75. The quantitative estimate of drug-likeness (QED) is 0.107. The third-order valence-electron chi connectivity index (χ3n) is 10.2. The molecule has 0 amide bonds. The molecule has 232 valence electrons. The summed E-state index contributed by atoms with van der Waals surface area (Å²) in [6.07, 6.45) is 31.3. The molecule has 1 aromatic heterocycles. The van der Waals surface area contributed by atoms with E-state index in [0.29, 0.717) is 5.75 Å². The Bertz CT molecular complexity index is 1000. The molecule has 0 aliphatic heterocycles. The van der Waals surface area contributed by atoms with Gasteiger partial charge < -0.3 is 4.74 Å². The molecule has 0 spiro atoms. The molecule has 2 aliphatic rings. The molecule has 1 heterocycles. The summed E-state index contributed by atoms with van der Waals surface area (Å²) < 4.78 is 5.82. The van der Waals surface area contributed by atoms with Crippen LogP contribution in [-0.2, 0) is 11.2 Å². The number of ether oxygens (including phenoxy) is 1. The van der Waals surface area contributed by atoms with E-state index in [1.54, 1.807) is 0 Å². The maximum Gasteiger partial charge on any atom is 0.314 e. The van der Waals surface area contributed by atoms with Gasteiger partial charge in [0.2, 0.25) is 0 Å². The average molecular weight is 575 g/mol. The van der Waals surface area contributed by atoms with Crippen molar-refractivity contribution in [2.75, 3.05) is 0 Å². The van der Waals surface area contributed by atoms with Crippen LogP contribution in [0.3, 0.4) is 0 Å². The number of aryl methyl sites for hydroxylation is 1. The van der Waals surface area contributed by atoms with Crippen LogP contribution in [0.4, 0.5) is 0 Å². The van der Waals surface area contributed by atoms with Crippen molar-refractivity contribution in [2.45, 2.75) is 149 Å². The average Bonchev–Trinajstić information content (AvgIpc) is 3.04. The molecule has 42 heavy (non-hydrogen) atoms. The molecular formula is C38H58N2O2. The smallest absolute Gasteiger partial charge is 0.314 e. The molecule has 2 fully saturated rings. The molecular weight excluding hydrogens is 516 g/mol. The largest absolute Gasteiger partial charge is 0.426 e. The number of hydrogen-bond donors (Lipinski definition) is 0. The Kier molecular flexibility index (Phi) is 14.3. The van der Waals surface area contributed by atoms with E-state index < -0.39 is 0 Å². The summed E-state index contributed by atoms with van der Waals surface area (Å²) in [5.74, 6) is 4.01. The molecule has 4 rings (SSSR count). The van der Waals surface area contributed by atoms with Crippen LogP contribution < -0.4 is 4.74 Å². The van der Waals surface area contributed by atoms with Crippen molar-refractivity contribution >= 4 is 5.97 Å². The number of carbonyl (C=O) groups excluding carboxylic acids is 1. The lowest BCUT2D eigenvalue weighted by Gasteiger charge is -2.37. The van der Waals surface area contributed by atoms with Gasteiger partial charge in [-0.25, -0.2) is 9.97 Å². The second-order valence-corrected chi connectivity index (χ2v) is 13.5. The van der Waals surface area contributed by atoms with E-state index in [4.69, 9.17) is 4.74 Å². The predicted octanol–water partition coefficient (Wildman–Crippen LogP) is 10.9. The lowest BCUT2D eigenvalue weighted by molar-refractivity contribution is -0.140. The van der Waals surface area contributed by atoms with Crippen LogP contribution in [0.2, 0.25) is 0 Å². The Hall–Kier alpha value is -2.23. The summed E-state index contributed by atoms with van der Waals surface area (Å²) in [7, 11) is 0. The third kappa shape index (κ3) is 10.8. The molecule has 2 saturated carbocycles. The number of benzene rings is 1. The van der Waals surface area contributed by atoms with Gasteiger partial charge in [-0.05, 0) is 98.9 Å². The molecule has 4 nitrogen and oxygen atoms in total. The van der Waals surface area contributed by atoms with Crippen LogP contribution in [0.15, 0.2) is 36.7 Å². The fraction of sp³-hybridized carbons (Fsp3) is 0.711. The van der Waals surface area contributed by atoms with Gasteiger partial charge in [0.1, 0.15) is 5.75 Å². The number of hydrogen-bond acceptors (Lipinski definition) is 4. The second kappa shape index (κ2) is 18.4. The fourth-order valence-electron chi connectivity index (χ4n) is 7.43. The van der Waals surface area contributed by atoms with E-state index in [2.05, 4.69) is 23.8 Å². The molecule has 0 unspecified atom stereocenters. The second-order valence-electron chi connectivity index (χ2n) is 13.5. The van der Waals surface area contributed by atoms with Crippen molar-refractivity contribution in [1.29, 1.82) is 0 Å². The Morgan fingerprint density at radius 3 is 1.86 bits per heavy atom. The van der Waals surface area contributed by atoms with E-state index in [-0.39, 0.29) is 11.9 Å². The minimum absolute atomic E-state index is 0.0443. The summed E-state index contributed by atoms with van der Waals surface area (Å²) >= 11 is 0. The van der Waals surface area contributed by atoms with Crippen LogP contribution in [0, 0.1) is 23.7 Å². The zero-order chi connectivity index (χ0) is 29.4. The van der Waals surface area contributed by atoms with Crippen molar-refractivity contribution in [3.8, 4) is 17.1 Å². The number of carbonyl (C=O) groups is 1. The monoisotopic (exact) mass is 574 g/mol. The number of rotatable bonds is 17. The highest BCUT2D eigenvalue weighted by Gasteiger charge is 2.33. The first-order valence-corrected chi connectivity index (χ1v) is 17.8. The third-order valence-corrected chi connectivity index (χ3v) is 10.2. The molecule has 4 heteroatoms. The molecule has 0 N–H and O–H groups in total. The van der Waals surface area contributed by atoms with Gasteiger partial charge in [0.25, 0.3) is 0 Å². The Labute approximate surface area is 256 Å². The lowest BCUT2D eigenvalue weighted by atomic mass is 9.68. The Morgan fingerprint density at radius 2 is 1.24 bits per heavy atom. The highest BCUT2D eigenvalue weighted by Crippen LogP contribution is 2.42. The maximum absolute atomic E-state index is 13.0. The minimum atomic E-state index is -0.0524. The van der Waals surface area contributed by atoms with Gasteiger partial charge in [-0.15, -0.1) is 0 Å². The van der Waals surface area contributed by atoms with Gasteiger partial charge in [0, 0.05) is 18.0 Å². The summed E-state index contributed by atoms with van der Waals surface area (Å²) in [6, 6.07) is 7.69. The predicted molar refractivity (Wildman–Crippen MR) is 174 cm³/mol. The summed E-state index contributed by atoms with van der Waals surface area (Å²) in [6.45, 7) is 4.54. The number of nitrogens with zero attached hydrogens (tertiary/aromatic N) is 2. The first-order valence-electron chi connectivity index (χ1n) is 17.8. The zero-order valence-electron chi connectivity index (χ0n) is 26.8. The fourth-order valence-corrected chi connectivity index (χ4v) is 7.43. The van der Waals surface area contributed by atoms with Gasteiger partial charge in [0.05, 0.1) is 5.92 Å². The highest BCUT2D eigenvalue weighted by atomic mass is 16.5. The molecule has 0 atom stereocenters. The molecule has 2 aliphatic carbocycles. The van der Waals surface area contributed by atoms with Crippen LogP contribution in [0.5, 0.6) is 5.75 Å². The minimum Gasteiger partial charge on any atom is -0.426 e. The van der Waals surface area contributed by atoms with Crippen LogP contribution in [-0.4, -0.2) is 15.9 Å². The summed E-state index contributed by atoms with van der Waals surface area (Å²) in [5.41, 5.74) is 2.15. The number of unbranched alkanes of at least 4 members (excludes halogenated alkanes) is 9. The summed E-state index contributed by atoms with van der Waals surface area (Å²) in [5, 5.41) is 0. The molecule has 0 bridgehead atoms. The van der Waals surface area contributed by atoms with Crippen molar-refractivity contribution in [2.24, 2.45) is 23.7 Å². The van der Waals surface area contributed by atoms with Crippen molar-refractivity contribution < 1.29 is 9.53 Å². The molecule has 0 radical (unpaired) electrons. The summed E-state index contributed by atoms with van der Waals surface area (Å²) in [4.78, 5) is 22.1. The lowest BCUT2D eigenvalue weighted by Crippen LogP contribution is -2.30. The first kappa shape index (κ1) is 32.7. The molecule has 0 saturated heterocycles. The van der Waals surface area contributed by atoms with Crippen molar-refractivity contribution in [3.05, 3.63) is 42.2 Å². The van der Waals surface area contributed by atoms with E-state index in [1.165, 1.54) is 121 Å². The zero-order valence-corrected chi connectivity index (χ0v) is 26.8. The standard InChI is InChI=1S/C38H58N2O2/c1-3-5-7-9-11-12-14-30-16-18-32(19-17-30)33-20-22-35(23-21-33)38(41)42-36-26-24-34(25-27-36)37-39-28-31(29-40-37)15-13-10-8-6-4-2/h24-30,32-33,35H,3-23H2,1-2H3. The van der Waals surface area contributed by atoms with Crippen molar-refractivity contribution in [1.82, 2.24) is 9.97 Å². The molecule has 2 aromatic rings. The Morgan fingerprint density at radius 1 is 0.690 bits per heavy atom. The van der Waals surface area contributed by atoms with Gasteiger partial charge >= 0.3 is 5.97 Å². The normalized spacial score (nSPS) is 22.6. The molecule has 1 aromatic carbocycles. The maximum atomic E-state index is 13.0. The van der Waals surface area contributed by atoms with Gasteiger partial charge in [-0.1, -0.05) is 97.3 Å². The van der Waals surface area contributed by atoms with Gasteiger partial charge in [-0.3, -0.25) is 4.79 Å². The number of aromatic nitrogens is 2. The van der Waals surface area contributed by atoms with Crippen LogP contribution in [0.1, 0.15) is 148 Å². The number of esters is 1. The SMILES string of the molecule is CCCCCCCCC1CCC(C2CCC(C(=O)Oc3ccc(-c4ncc(CCCCCCC)cn4)cc3)CC2)CC1. The van der Waals surface area contributed by atoms with Gasteiger partial charge in [-0.2, -0.15) is 0 Å². The van der Waals surface area contributed by atoms with E-state index >= 15 is 0 Å². The van der Waals surface area contributed by atoms with Crippen LogP contribution >= 0.6 is 0 Å². The van der Waals surface area contributed by atoms with Crippen molar-refractivity contribution in [3.63, 3.8) is 0 Å². The van der Waals surface area contributed by atoms with Gasteiger partial charge in [0.15, 0.2) is 5.82 Å². The van der Waals surface area contributed by atoms with E-state index in [1.807, 2.05) is 36.7 Å². The topological polar surface area (TPSA) is 52.1 Å². The van der Waals surface area contributed by atoms with E-state index in [0.717, 1.165) is 48.4 Å². The van der Waals surface area contributed by atoms with Crippen LogP contribution in [0.25, 0.3) is 11.4 Å². The first-order chi connectivity index (χ1) is 20.7. The van der Waals surface area contributed by atoms with E-state index in [9.17, 15) is 4.79 Å².